The molecule has 4 heteroatoms. The van der Waals surface area contributed by atoms with Gasteiger partial charge in [-0.05, 0) is 44.0 Å². The van der Waals surface area contributed by atoms with Gasteiger partial charge in [0.2, 0.25) is 0 Å². The number of aromatic nitrogens is 1. The summed E-state index contributed by atoms with van der Waals surface area (Å²) in [5.41, 5.74) is 5.86. The number of nitrogens with one attached hydrogen (secondary N) is 2. The number of anilines is 2. The largest absolute Gasteiger partial charge is 0.377 e. The average Bonchev–Trinajstić information content (AvgIpc) is 2.70. The molecule has 0 unspecified atom stereocenters. The van der Waals surface area contributed by atoms with Crippen LogP contribution in [0.3, 0.4) is 0 Å². The third-order valence-electron chi connectivity index (χ3n) is 4.89. The number of methoxy groups -OCH3 is 1. The molecule has 0 bridgehead atoms. The van der Waals surface area contributed by atoms with Crippen molar-refractivity contribution in [2.45, 2.75) is 39.5 Å². The standard InChI is InChI=1S/C24H29N3O/c1-17-7-11-20(12-8-17)16-26-24-22(6-5-15-25-24)27-19(3)23(28-4)21-13-9-18(2)10-14-21/h5-15,19,23,27H,16H2,1-4H3,(H,25,26)/t19-,23-/m0/s1. The molecule has 0 spiro atoms. The monoisotopic (exact) mass is 375 g/mol. The minimum Gasteiger partial charge on any atom is -0.377 e. The normalized spacial score (nSPS) is 13.0. The highest BCUT2D eigenvalue weighted by Gasteiger charge is 2.20. The highest BCUT2D eigenvalue weighted by atomic mass is 16.5. The molecule has 0 fully saturated rings. The molecule has 0 saturated carbocycles. The van der Waals surface area contributed by atoms with E-state index in [-0.39, 0.29) is 12.1 Å². The van der Waals surface area contributed by atoms with Gasteiger partial charge in [-0.2, -0.15) is 0 Å². The zero-order chi connectivity index (χ0) is 19.9. The second kappa shape index (κ2) is 9.38. The summed E-state index contributed by atoms with van der Waals surface area (Å²) in [6, 6.07) is 21.1. The van der Waals surface area contributed by atoms with Crippen molar-refractivity contribution in [2.75, 3.05) is 17.7 Å². The van der Waals surface area contributed by atoms with Crippen LogP contribution >= 0.6 is 0 Å². The van der Waals surface area contributed by atoms with Crippen molar-refractivity contribution in [3.8, 4) is 0 Å². The Morgan fingerprint density at radius 2 is 1.57 bits per heavy atom. The van der Waals surface area contributed by atoms with Crippen LogP contribution < -0.4 is 10.6 Å². The lowest BCUT2D eigenvalue weighted by molar-refractivity contribution is 0.0908. The number of ether oxygens (including phenoxy) is 1. The maximum absolute atomic E-state index is 5.79. The van der Waals surface area contributed by atoms with Crippen LogP contribution in [0.1, 0.15) is 35.3 Å². The van der Waals surface area contributed by atoms with Gasteiger partial charge in [0.25, 0.3) is 0 Å². The Morgan fingerprint density at radius 1 is 0.929 bits per heavy atom. The summed E-state index contributed by atoms with van der Waals surface area (Å²) in [5.74, 6) is 0.841. The molecule has 0 aliphatic carbocycles. The van der Waals surface area contributed by atoms with E-state index >= 15 is 0 Å². The molecule has 1 heterocycles. The fourth-order valence-electron chi connectivity index (χ4n) is 3.26. The van der Waals surface area contributed by atoms with Crippen molar-refractivity contribution in [1.29, 1.82) is 0 Å². The van der Waals surface area contributed by atoms with Gasteiger partial charge in [-0.3, -0.25) is 0 Å². The number of aryl methyl sites for hydroxylation is 2. The third kappa shape index (κ3) is 5.11. The summed E-state index contributed by atoms with van der Waals surface area (Å²) in [6.07, 6.45) is 1.76. The fraction of sp³-hybridized carbons (Fsp3) is 0.292. The summed E-state index contributed by atoms with van der Waals surface area (Å²) in [5, 5.41) is 7.01. The number of benzene rings is 2. The van der Waals surface area contributed by atoms with Gasteiger partial charge >= 0.3 is 0 Å². The number of pyridine rings is 1. The lowest BCUT2D eigenvalue weighted by Gasteiger charge is -2.26. The quantitative estimate of drug-likeness (QED) is 0.546. The molecule has 0 aliphatic heterocycles. The van der Waals surface area contributed by atoms with Gasteiger partial charge < -0.3 is 15.4 Å². The number of nitrogens with zero attached hydrogens (tertiary/aromatic N) is 1. The molecule has 0 saturated heterocycles. The Kier molecular flexibility index (Phi) is 6.66. The van der Waals surface area contributed by atoms with Gasteiger partial charge in [-0.25, -0.2) is 4.98 Å². The number of hydrogen-bond acceptors (Lipinski definition) is 4. The van der Waals surface area contributed by atoms with Crippen LogP contribution in [0.25, 0.3) is 0 Å². The van der Waals surface area contributed by atoms with Crippen LogP contribution in [0.5, 0.6) is 0 Å². The summed E-state index contributed by atoms with van der Waals surface area (Å²) in [6.45, 7) is 7.05. The molecule has 28 heavy (non-hydrogen) atoms. The summed E-state index contributed by atoms with van der Waals surface area (Å²) >= 11 is 0. The minimum absolute atomic E-state index is 0.0502. The van der Waals surface area contributed by atoms with E-state index in [2.05, 4.69) is 84.9 Å². The van der Waals surface area contributed by atoms with Crippen molar-refractivity contribution in [2.24, 2.45) is 0 Å². The molecule has 2 atom stereocenters. The lowest BCUT2D eigenvalue weighted by atomic mass is 10.0. The van der Waals surface area contributed by atoms with E-state index in [4.69, 9.17) is 4.74 Å². The minimum atomic E-state index is -0.0502. The molecule has 0 radical (unpaired) electrons. The van der Waals surface area contributed by atoms with Crippen molar-refractivity contribution in [1.82, 2.24) is 4.98 Å². The molecule has 146 valence electrons. The molecule has 0 aliphatic rings. The van der Waals surface area contributed by atoms with Crippen LogP contribution in [0.4, 0.5) is 11.5 Å². The van der Waals surface area contributed by atoms with Crippen molar-refractivity contribution < 1.29 is 4.74 Å². The molecular weight excluding hydrogens is 346 g/mol. The summed E-state index contributed by atoms with van der Waals surface area (Å²) in [4.78, 5) is 4.52. The highest BCUT2D eigenvalue weighted by molar-refractivity contribution is 5.64. The van der Waals surface area contributed by atoms with Crippen LogP contribution in [0.2, 0.25) is 0 Å². The van der Waals surface area contributed by atoms with E-state index < -0.39 is 0 Å². The Labute approximate surface area is 168 Å². The van der Waals surface area contributed by atoms with E-state index in [0.29, 0.717) is 0 Å². The Morgan fingerprint density at radius 3 is 2.21 bits per heavy atom. The van der Waals surface area contributed by atoms with E-state index in [9.17, 15) is 0 Å². The van der Waals surface area contributed by atoms with E-state index in [0.717, 1.165) is 23.6 Å². The lowest BCUT2D eigenvalue weighted by Crippen LogP contribution is -2.26. The molecule has 2 aromatic carbocycles. The SMILES string of the molecule is CO[C@H](c1ccc(C)cc1)[C@H](C)Nc1cccnc1NCc1ccc(C)cc1. The Bertz CT molecular complexity index is 875. The fourth-order valence-corrected chi connectivity index (χ4v) is 3.26. The van der Waals surface area contributed by atoms with E-state index in [1.165, 1.54) is 16.7 Å². The molecule has 2 N–H and O–H groups in total. The average molecular weight is 376 g/mol. The van der Waals surface area contributed by atoms with E-state index in [1.54, 1.807) is 13.3 Å². The third-order valence-corrected chi connectivity index (χ3v) is 4.89. The highest BCUT2D eigenvalue weighted by Crippen LogP contribution is 2.26. The summed E-state index contributed by atoms with van der Waals surface area (Å²) < 4.78 is 5.79. The van der Waals surface area contributed by atoms with Crippen LogP contribution in [0, 0.1) is 13.8 Å². The zero-order valence-corrected chi connectivity index (χ0v) is 17.1. The molecule has 1 aromatic heterocycles. The van der Waals surface area contributed by atoms with E-state index in [1.807, 2.05) is 12.1 Å². The second-order valence-electron chi connectivity index (χ2n) is 7.24. The molecular formula is C24H29N3O. The molecule has 4 nitrogen and oxygen atoms in total. The maximum Gasteiger partial charge on any atom is 0.149 e. The van der Waals surface area contributed by atoms with Crippen molar-refractivity contribution >= 4 is 11.5 Å². The second-order valence-corrected chi connectivity index (χ2v) is 7.24. The molecule has 3 rings (SSSR count). The predicted molar refractivity (Wildman–Crippen MR) is 117 cm³/mol. The molecule has 0 amide bonds. The Hall–Kier alpha value is -2.85. The first kappa shape index (κ1) is 19.9. The van der Waals surface area contributed by atoms with Gasteiger partial charge in [0.15, 0.2) is 0 Å². The number of hydrogen-bond donors (Lipinski definition) is 2. The first-order valence-electron chi connectivity index (χ1n) is 9.67. The number of rotatable bonds is 8. The first-order valence-corrected chi connectivity index (χ1v) is 9.67. The maximum atomic E-state index is 5.79. The topological polar surface area (TPSA) is 46.2 Å². The van der Waals surface area contributed by atoms with Gasteiger partial charge in [-0.1, -0.05) is 59.7 Å². The van der Waals surface area contributed by atoms with Crippen LogP contribution in [-0.2, 0) is 11.3 Å². The van der Waals surface area contributed by atoms with Crippen molar-refractivity contribution in [3.63, 3.8) is 0 Å². The van der Waals surface area contributed by atoms with Crippen molar-refractivity contribution in [3.05, 3.63) is 89.1 Å². The predicted octanol–water partition coefficient (Wildman–Crippen LogP) is 5.50. The van der Waals surface area contributed by atoms with Gasteiger partial charge in [0, 0.05) is 19.9 Å². The van der Waals surface area contributed by atoms with Crippen LogP contribution in [0.15, 0.2) is 66.9 Å². The zero-order valence-electron chi connectivity index (χ0n) is 17.1. The van der Waals surface area contributed by atoms with Crippen LogP contribution in [-0.4, -0.2) is 18.1 Å². The van der Waals surface area contributed by atoms with Gasteiger partial charge in [0.05, 0.1) is 11.7 Å². The van der Waals surface area contributed by atoms with Gasteiger partial charge in [-0.15, -0.1) is 0 Å². The Balaban J connectivity index is 1.70. The molecule has 3 aromatic rings. The summed E-state index contributed by atoms with van der Waals surface area (Å²) in [7, 11) is 1.75. The first-order chi connectivity index (χ1) is 13.6. The smallest absolute Gasteiger partial charge is 0.149 e. The van der Waals surface area contributed by atoms with Gasteiger partial charge in [0.1, 0.15) is 11.9 Å².